The fraction of sp³-hybridized carbons (Fsp3) is 0.250. The van der Waals surface area contributed by atoms with Gasteiger partial charge in [0.15, 0.2) is 0 Å². The van der Waals surface area contributed by atoms with Crippen molar-refractivity contribution in [2.45, 2.75) is 25.9 Å². The van der Waals surface area contributed by atoms with Crippen molar-refractivity contribution in [1.29, 1.82) is 0 Å². The summed E-state index contributed by atoms with van der Waals surface area (Å²) in [5.74, 6) is -1.92. The van der Waals surface area contributed by atoms with Crippen molar-refractivity contribution in [2.75, 3.05) is 0 Å². The number of carbonyl (C=O) groups excluding carboxylic acids is 1. The molecule has 116 valence electrons. The van der Waals surface area contributed by atoms with Gasteiger partial charge in [-0.05, 0) is 31.5 Å². The fourth-order valence-electron chi connectivity index (χ4n) is 2.26. The van der Waals surface area contributed by atoms with E-state index in [1.54, 1.807) is 13.0 Å². The quantitative estimate of drug-likeness (QED) is 0.792. The number of Topliss-reactive ketones (excluding diaryl/α,β-unsaturated/α-hetero) is 1. The van der Waals surface area contributed by atoms with Crippen LogP contribution in [0.1, 0.15) is 35.2 Å². The molecule has 1 aromatic carbocycles. The molecule has 0 saturated carbocycles. The number of carbonyl (C=O) groups is 1. The Hall–Kier alpha value is -2.24. The van der Waals surface area contributed by atoms with Gasteiger partial charge < -0.3 is 0 Å². The lowest BCUT2D eigenvalue weighted by Gasteiger charge is -2.16. The first kappa shape index (κ1) is 16.1. The maximum atomic E-state index is 14.0. The Labute approximate surface area is 124 Å². The number of halogens is 4. The van der Waals surface area contributed by atoms with Crippen LogP contribution < -0.4 is 0 Å². The van der Waals surface area contributed by atoms with Crippen molar-refractivity contribution in [1.82, 2.24) is 4.98 Å². The minimum Gasteiger partial charge on any atom is -0.299 e. The Morgan fingerprint density at radius 1 is 1.18 bits per heavy atom. The van der Waals surface area contributed by atoms with Gasteiger partial charge in [0.2, 0.25) is 0 Å². The molecule has 22 heavy (non-hydrogen) atoms. The molecule has 0 aliphatic carbocycles. The third-order valence-corrected chi connectivity index (χ3v) is 3.28. The number of pyridine rings is 1. The van der Waals surface area contributed by atoms with Crippen molar-refractivity contribution >= 4 is 5.78 Å². The Kier molecular flexibility index (Phi) is 4.30. The number of hydrogen-bond acceptors (Lipinski definition) is 2. The molecule has 0 aliphatic heterocycles. The Bertz CT molecular complexity index is 692. The third-order valence-electron chi connectivity index (χ3n) is 3.28. The predicted molar refractivity (Wildman–Crippen MR) is 72.9 cm³/mol. The molecule has 0 bridgehead atoms. The van der Waals surface area contributed by atoms with E-state index in [4.69, 9.17) is 0 Å². The predicted octanol–water partition coefficient (Wildman–Crippen LogP) is 4.27. The number of benzene rings is 1. The third kappa shape index (κ3) is 3.32. The molecular weight excluding hydrogens is 298 g/mol. The molecule has 2 nitrogen and oxygen atoms in total. The van der Waals surface area contributed by atoms with E-state index in [0.717, 1.165) is 23.9 Å². The van der Waals surface area contributed by atoms with Crippen molar-refractivity contribution in [3.05, 3.63) is 64.7 Å². The lowest BCUT2D eigenvalue weighted by atomic mass is 9.88. The second-order valence-electron chi connectivity index (χ2n) is 5.04. The van der Waals surface area contributed by atoms with Crippen LogP contribution in [0.3, 0.4) is 0 Å². The Morgan fingerprint density at radius 2 is 1.86 bits per heavy atom. The van der Waals surface area contributed by atoms with Gasteiger partial charge >= 0.3 is 6.18 Å². The van der Waals surface area contributed by atoms with Crippen LogP contribution in [0.4, 0.5) is 17.6 Å². The van der Waals surface area contributed by atoms with Gasteiger partial charge in [0.05, 0.1) is 5.92 Å². The van der Waals surface area contributed by atoms with E-state index in [-0.39, 0.29) is 16.9 Å². The summed E-state index contributed by atoms with van der Waals surface area (Å²) in [7, 11) is 0. The minimum absolute atomic E-state index is 0.133. The molecule has 0 radical (unpaired) electrons. The molecule has 0 aliphatic rings. The molecule has 1 unspecified atom stereocenters. The van der Waals surface area contributed by atoms with Crippen molar-refractivity contribution in [3.8, 4) is 0 Å². The summed E-state index contributed by atoms with van der Waals surface area (Å²) in [5.41, 5.74) is 0.0600. The molecule has 0 saturated heterocycles. The normalized spacial score (nSPS) is 13.0. The standard InChI is InChI=1S/C16H13F4NO/c1-9-3-5-13(17)12(7-9)15(10(2)22)11-4-6-14(21-8-11)16(18,19)20/h3-8,15H,1-2H3. The van der Waals surface area contributed by atoms with Crippen molar-refractivity contribution in [3.63, 3.8) is 0 Å². The molecule has 6 heteroatoms. The van der Waals surface area contributed by atoms with Crippen molar-refractivity contribution < 1.29 is 22.4 Å². The number of nitrogens with zero attached hydrogens (tertiary/aromatic N) is 1. The first-order valence-electron chi connectivity index (χ1n) is 6.50. The molecule has 1 atom stereocenters. The maximum absolute atomic E-state index is 14.0. The number of rotatable bonds is 3. The Morgan fingerprint density at radius 3 is 2.36 bits per heavy atom. The first-order chi connectivity index (χ1) is 10.2. The highest BCUT2D eigenvalue weighted by Crippen LogP contribution is 2.31. The second kappa shape index (κ2) is 5.87. The maximum Gasteiger partial charge on any atom is 0.433 e. The van der Waals surface area contributed by atoms with E-state index < -0.39 is 23.6 Å². The minimum atomic E-state index is -4.56. The highest BCUT2D eigenvalue weighted by Gasteiger charge is 2.33. The SMILES string of the molecule is CC(=O)C(c1ccc(C(F)(F)F)nc1)c1cc(C)ccc1F. The van der Waals surface area contributed by atoms with E-state index in [2.05, 4.69) is 4.98 Å². The fourth-order valence-corrected chi connectivity index (χ4v) is 2.26. The zero-order valence-corrected chi connectivity index (χ0v) is 11.9. The van der Waals surface area contributed by atoms with Crippen LogP contribution in [-0.2, 0) is 11.0 Å². The van der Waals surface area contributed by atoms with Gasteiger partial charge in [0.25, 0.3) is 0 Å². The van der Waals surface area contributed by atoms with Gasteiger partial charge in [-0.3, -0.25) is 9.78 Å². The highest BCUT2D eigenvalue weighted by molar-refractivity contribution is 5.87. The number of hydrogen-bond donors (Lipinski definition) is 0. The van der Waals surface area contributed by atoms with Gasteiger partial charge in [-0.2, -0.15) is 13.2 Å². The summed E-state index contributed by atoms with van der Waals surface area (Å²) in [6.45, 7) is 3.01. The van der Waals surface area contributed by atoms with Crippen LogP contribution in [0.25, 0.3) is 0 Å². The van der Waals surface area contributed by atoms with Crippen LogP contribution in [0.2, 0.25) is 0 Å². The summed E-state index contributed by atoms with van der Waals surface area (Å²) in [4.78, 5) is 15.2. The number of aryl methyl sites for hydroxylation is 1. The van der Waals surface area contributed by atoms with Gasteiger partial charge in [-0.25, -0.2) is 4.39 Å². The van der Waals surface area contributed by atoms with Gasteiger partial charge in [0, 0.05) is 11.8 Å². The number of aromatic nitrogens is 1. The summed E-state index contributed by atoms with van der Waals surface area (Å²) in [6.07, 6.45) is -3.59. The zero-order chi connectivity index (χ0) is 16.5. The summed E-state index contributed by atoms with van der Waals surface area (Å²) in [6, 6.07) is 6.25. The van der Waals surface area contributed by atoms with Crippen LogP contribution in [-0.4, -0.2) is 10.8 Å². The molecule has 1 heterocycles. The van der Waals surface area contributed by atoms with E-state index in [1.807, 2.05) is 0 Å². The molecular formula is C16H13F4NO. The average molecular weight is 311 g/mol. The lowest BCUT2D eigenvalue weighted by molar-refractivity contribution is -0.141. The number of ketones is 1. The topological polar surface area (TPSA) is 30.0 Å². The molecule has 0 spiro atoms. The Balaban J connectivity index is 2.49. The highest BCUT2D eigenvalue weighted by atomic mass is 19.4. The largest absolute Gasteiger partial charge is 0.433 e. The summed E-state index contributed by atoms with van der Waals surface area (Å²) < 4.78 is 51.6. The number of alkyl halides is 3. The second-order valence-corrected chi connectivity index (χ2v) is 5.04. The van der Waals surface area contributed by atoms with Crippen LogP contribution in [0.15, 0.2) is 36.5 Å². The lowest BCUT2D eigenvalue weighted by Crippen LogP contribution is -2.14. The molecule has 0 N–H and O–H groups in total. The molecule has 2 aromatic rings. The summed E-state index contributed by atoms with van der Waals surface area (Å²) >= 11 is 0. The zero-order valence-electron chi connectivity index (χ0n) is 11.9. The summed E-state index contributed by atoms with van der Waals surface area (Å²) in [5, 5.41) is 0. The van der Waals surface area contributed by atoms with Gasteiger partial charge in [-0.15, -0.1) is 0 Å². The first-order valence-corrected chi connectivity index (χ1v) is 6.50. The monoisotopic (exact) mass is 311 g/mol. The van der Waals surface area contributed by atoms with Crippen LogP contribution in [0, 0.1) is 12.7 Å². The van der Waals surface area contributed by atoms with Crippen LogP contribution >= 0.6 is 0 Å². The molecule has 1 aromatic heterocycles. The van der Waals surface area contributed by atoms with E-state index in [9.17, 15) is 22.4 Å². The van der Waals surface area contributed by atoms with E-state index in [0.29, 0.717) is 0 Å². The molecule has 0 amide bonds. The van der Waals surface area contributed by atoms with Gasteiger partial charge in [-0.1, -0.05) is 23.8 Å². The molecule has 0 fully saturated rings. The molecule has 2 rings (SSSR count). The van der Waals surface area contributed by atoms with Crippen molar-refractivity contribution in [2.24, 2.45) is 0 Å². The van der Waals surface area contributed by atoms with E-state index >= 15 is 0 Å². The smallest absolute Gasteiger partial charge is 0.299 e. The van der Waals surface area contributed by atoms with E-state index in [1.165, 1.54) is 19.1 Å². The average Bonchev–Trinajstić information content (AvgIpc) is 2.42. The van der Waals surface area contributed by atoms with Gasteiger partial charge in [0.1, 0.15) is 17.3 Å². The van der Waals surface area contributed by atoms with Crippen LogP contribution in [0.5, 0.6) is 0 Å².